The molecule has 15 heavy (non-hydrogen) atoms. The molecule has 0 bridgehead atoms. The highest BCUT2D eigenvalue weighted by Crippen LogP contribution is 2.25. The predicted octanol–water partition coefficient (Wildman–Crippen LogP) is 2.57. The fourth-order valence-corrected chi connectivity index (χ4v) is 1.36. The summed E-state index contributed by atoms with van der Waals surface area (Å²) in [5.41, 5.74) is 0.624. The van der Waals surface area contributed by atoms with E-state index in [-0.39, 0.29) is 5.69 Å². The third-order valence-electron chi connectivity index (χ3n) is 1.93. The zero-order valence-corrected chi connectivity index (χ0v) is 8.01. The van der Waals surface area contributed by atoms with Crippen LogP contribution >= 0.6 is 11.9 Å². The second-order valence-corrected chi connectivity index (χ2v) is 2.85. The van der Waals surface area contributed by atoms with Crippen LogP contribution in [0.25, 0.3) is 10.9 Å². The van der Waals surface area contributed by atoms with Crippen LogP contribution in [-0.4, -0.2) is 15.9 Å². The predicted molar refractivity (Wildman–Crippen MR) is 52.9 cm³/mol. The van der Waals surface area contributed by atoms with Crippen LogP contribution in [0.5, 0.6) is 0 Å². The fraction of sp³-hybridized carbons (Fsp3) is 0. The molecule has 0 aliphatic heterocycles. The molecule has 2 rings (SSSR count). The number of carbonyl (C=O) groups is 1. The van der Waals surface area contributed by atoms with Gasteiger partial charge in [0.15, 0.2) is 0 Å². The van der Waals surface area contributed by atoms with Gasteiger partial charge in [0.1, 0.15) is 17.6 Å². The summed E-state index contributed by atoms with van der Waals surface area (Å²) >= 11 is 4.92. The molecule has 0 atom stereocenters. The maximum atomic E-state index is 11.1. The van der Waals surface area contributed by atoms with Crippen molar-refractivity contribution in [2.45, 2.75) is 0 Å². The summed E-state index contributed by atoms with van der Waals surface area (Å²) in [5.74, 6) is 0. The minimum Gasteiger partial charge on any atom is -0.329 e. The lowest BCUT2D eigenvalue weighted by molar-refractivity contribution is 0.204. The van der Waals surface area contributed by atoms with Crippen LogP contribution in [0.2, 0.25) is 0 Å². The van der Waals surface area contributed by atoms with Crippen molar-refractivity contribution < 1.29 is 9.08 Å². The SMILES string of the molecule is O=Nc1cccc2c1cnn2C(=O)OCl. The van der Waals surface area contributed by atoms with Crippen molar-refractivity contribution >= 4 is 34.5 Å². The van der Waals surface area contributed by atoms with Crippen molar-refractivity contribution in [1.82, 2.24) is 9.78 Å². The van der Waals surface area contributed by atoms with E-state index in [1.165, 1.54) is 12.3 Å². The molecule has 0 saturated carbocycles. The molecule has 1 heterocycles. The van der Waals surface area contributed by atoms with Gasteiger partial charge in [-0.3, -0.25) is 0 Å². The van der Waals surface area contributed by atoms with Gasteiger partial charge in [0.05, 0.1) is 11.7 Å². The number of fused-ring (bicyclic) bond motifs is 1. The summed E-state index contributed by atoms with van der Waals surface area (Å²) in [6, 6.07) is 4.71. The smallest absolute Gasteiger partial charge is 0.329 e. The van der Waals surface area contributed by atoms with Crippen LogP contribution in [0.4, 0.5) is 10.5 Å². The van der Waals surface area contributed by atoms with Crippen molar-refractivity contribution in [3.8, 4) is 0 Å². The Balaban J connectivity index is 2.71. The molecule has 1 aromatic heterocycles. The number of halogens is 1. The number of rotatable bonds is 1. The lowest BCUT2D eigenvalue weighted by atomic mass is 10.2. The largest absolute Gasteiger partial charge is 0.453 e. The highest BCUT2D eigenvalue weighted by molar-refractivity contribution is 6.13. The number of nitrogens with zero attached hydrogens (tertiary/aromatic N) is 3. The number of hydrogen-bond donors (Lipinski definition) is 0. The van der Waals surface area contributed by atoms with Crippen molar-refractivity contribution in [3.63, 3.8) is 0 Å². The molecule has 7 heteroatoms. The van der Waals surface area contributed by atoms with Crippen LogP contribution < -0.4 is 0 Å². The Morgan fingerprint density at radius 1 is 1.53 bits per heavy atom. The summed E-state index contributed by atoms with van der Waals surface area (Å²) in [6.07, 6.45) is 0.509. The Kier molecular flexibility index (Phi) is 2.34. The van der Waals surface area contributed by atoms with Crippen LogP contribution in [0.3, 0.4) is 0 Å². The molecule has 0 aliphatic rings. The molecule has 76 valence electrons. The van der Waals surface area contributed by atoms with Gasteiger partial charge in [-0.2, -0.15) is 9.78 Å². The number of carbonyl (C=O) groups excluding carboxylic acids is 1. The Labute approximate surface area is 88.5 Å². The summed E-state index contributed by atoms with van der Waals surface area (Å²) in [6.45, 7) is 0. The van der Waals surface area contributed by atoms with Crippen molar-refractivity contribution in [2.24, 2.45) is 5.18 Å². The van der Waals surface area contributed by atoms with E-state index < -0.39 is 6.09 Å². The van der Waals surface area contributed by atoms with Gasteiger partial charge < -0.3 is 4.29 Å². The molecule has 0 saturated heterocycles. The Morgan fingerprint density at radius 2 is 2.33 bits per heavy atom. The molecule has 2 aromatic rings. The number of nitroso groups, excluding NO2 is 1. The molecule has 0 N–H and O–H groups in total. The van der Waals surface area contributed by atoms with Gasteiger partial charge in [-0.25, -0.2) is 4.79 Å². The van der Waals surface area contributed by atoms with Gasteiger partial charge in [0.25, 0.3) is 0 Å². The fourth-order valence-electron chi connectivity index (χ4n) is 1.29. The van der Waals surface area contributed by atoms with E-state index >= 15 is 0 Å². The molecular weight excluding hydrogens is 222 g/mol. The maximum Gasteiger partial charge on any atom is 0.453 e. The quantitative estimate of drug-likeness (QED) is 0.699. The number of aromatic nitrogens is 2. The zero-order valence-electron chi connectivity index (χ0n) is 7.25. The van der Waals surface area contributed by atoms with Crippen LogP contribution in [0.1, 0.15) is 0 Å². The molecule has 0 amide bonds. The van der Waals surface area contributed by atoms with Gasteiger partial charge in [-0.05, 0) is 17.3 Å². The molecule has 0 unspecified atom stereocenters. The van der Waals surface area contributed by atoms with E-state index in [4.69, 9.17) is 11.9 Å². The first kappa shape index (κ1) is 9.60. The average molecular weight is 226 g/mol. The number of benzene rings is 1. The van der Waals surface area contributed by atoms with Gasteiger partial charge in [-0.1, -0.05) is 6.07 Å². The third kappa shape index (κ3) is 1.44. The second-order valence-electron chi connectivity index (χ2n) is 2.70. The minimum atomic E-state index is -0.838. The van der Waals surface area contributed by atoms with Crippen LogP contribution in [-0.2, 0) is 4.29 Å². The monoisotopic (exact) mass is 225 g/mol. The highest BCUT2D eigenvalue weighted by atomic mass is 35.5. The van der Waals surface area contributed by atoms with Crippen molar-refractivity contribution in [3.05, 3.63) is 29.3 Å². The second kappa shape index (κ2) is 3.66. The van der Waals surface area contributed by atoms with Crippen molar-refractivity contribution in [1.29, 1.82) is 0 Å². The first-order chi connectivity index (χ1) is 7.27. The summed E-state index contributed by atoms with van der Waals surface area (Å²) < 4.78 is 4.94. The normalized spacial score (nSPS) is 10.2. The number of hydrogen-bond acceptors (Lipinski definition) is 5. The van der Waals surface area contributed by atoms with E-state index in [1.54, 1.807) is 12.1 Å². The van der Waals surface area contributed by atoms with E-state index in [2.05, 4.69) is 14.6 Å². The van der Waals surface area contributed by atoms with E-state index in [9.17, 15) is 9.70 Å². The average Bonchev–Trinajstić information content (AvgIpc) is 2.71. The Morgan fingerprint density at radius 3 is 3.00 bits per heavy atom. The maximum absolute atomic E-state index is 11.1. The molecular formula is C8H4ClN3O3. The third-order valence-corrected chi connectivity index (χ3v) is 2.06. The molecule has 1 aromatic carbocycles. The standard InChI is InChI=1S/C8H4ClN3O3/c9-15-8(13)12-7-3-1-2-6(11-14)5(7)4-10-12/h1-4H. The molecule has 0 spiro atoms. The van der Waals surface area contributed by atoms with Crippen molar-refractivity contribution in [2.75, 3.05) is 0 Å². The van der Waals surface area contributed by atoms with Gasteiger partial charge in [0.2, 0.25) is 0 Å². The first-order valence-corrected chi connectivity index (χ1v) is 4.22. The first-order valence-electron chi connectivity index (χ1n) is 3.91. The lowest BCUT2D eigenvalue weighted by Crippen LogP contribution is -2.10. The summed E-state index contributed by atoms with van der Waals surface area (Å²) in [7, 11) is 0. The summed E-state index contributed by atoms with van der Waals surface area (Å²) in [5, 5.41) is 7.01. The van der Waals surface area contributed by atoms with Crippen LogP contribution in [0.15, 0.2) is 29.6 Å². The van der Waals surface area contributed by atoms with E-state index in [0.717, 1.165) is 4.68 Å². The molecule has 0 fully saturated rings. The van der Waals surface area contributed by atoms with E-state index in [1.807, 2.05) is 0 Å². The highest BCUT2D eigenvalue weighted by Gasteiger charge is 2.13. The van der Waals surface area contributed by atoms with Gasteiger partial charge >= 0.3 is 6.09 Å². The topological polar surface area (TPSA) is 73.5 Å². The van der Waals surface area contributed by atoms with E-state index in [0.29, 0.717) is 10.9 Å². The van der Waals surface area contributed by atoms with Gasteiger partial charge in [-0.15, -0.1) is 4.91 Å². The lowest BCUT2D eigenvalue weighted by Gasteiger charge is -1.97. The molecule has 6 nitrogen and oxygen atoms in total. The Bertz CT molecular complexity index is 537. The van der Waals surface area contributed by atoms with Crippen LogP contribution in [0, 0.1) is 4.91 Å². The molecule has 0 radical (unpaired) electrons. The Hall–Kier alpha value is -1.95. The van der Waals surface area contributed by atoms with Gasteiger partial charge in [0, 0.05) is 5.39 Å². The summed E-state index contributed by atoms with van der Waals surface area (Å²) in [4.78, 5) is 21.6. The zero-order chi connectivity index (χ0) is 10.8. The molecule has 0 aliphatic carbocycles. The minimum absolute atomic E-state index is 0.209.